The van der Waals surface area contributed by atoms with Gasteiger partial charge in [-0.3, -0.25) is 9.59 Å². The first kappa shape index (κ1) is 16.0. The summed E-state index contributed by atoms with van der Waals surface area (Å²) in [6.07, 6.45) is -4.91. The first-order valence-corrected chi connectivity index (χ1v) is 5.30. The Bertz CT molecular complexity index is 270. The van der Waals surface area contributed by atoms with Gasteiger partial charge in [-0.1, -0.05) is 6.92 Å². The zero-order valence-corrected chi connectivity index (χ0v) is 9.83. The van der Waals surface area contributed by atoms with Crippen LogP contribution < -0.4 is 5.32 Å². The maximum absolute atomic E-state index is 11.5. The van der Waals surface area contributed by atoms with Crippen molar-refractivity contribution in [2.75, 3.05) is 6.61 Å². The molecule has 17 heavy (non-hydrogen) atoms. The van der Waals surface area contributed by atoms with E-state index in [4.69, 9.17) is 10.2 Å². The van der Waals surface area contributed by atoms with Crippen molar-refractivity contribution in [2.24, 2.45) is 0 Å². The van der Waals surface area contributed by atoms with Gasteiger partial charge in [0, 0.05) is 13.3 Å². The fourth-order valence-electron chi connectivity index (χ4n) is 1.33. The molecule has 7 heteroatoms. The molecule has 0 aliphatic rings. The molecule has 1 amide bonds. The van der Waals surface area contributed by atoms with E-state index in [0.717, 1.165) is 6.92 Å². The summed E-state index contributed by atoms with van der Waals surface area (Å²) in [5.74, 6) is -1.02. The molecule has 5 N–H and O–H groups in total. The third-order valence-electron chi connectivity index (χ3n) is 2.33. The van der Waals surface area contributed by atoms with Crippen LogP contribution in [0.1, 0.15) is 20.3 Å². The smallest absolute Gasteiger partial charge is 0.217 e. The Balaban J connectivity index is 4.78. The van der Waals surface area contributed by atoms with E-state index in [9.17, 15) is 19.8 Å². The number of hydrogen-bond donors (Lipinski definition) is 5. The summed E-state index contributed by atoms with van der Waals surface area (Å²) >= 11 is 0. The highest BCUT2D eigenvalue weighted by atomic mass is 16.4. The molecule has 0 heterocycles. The van der Waals surface area contributed by atoms with Crippen molar-refractivity contribution in [3.05, 3.63) is 0 Å². The second-order valence-electron chi connectivity index (χ2n) is 3.73. The summed E-state index contributed by atoms with van der Waals surface area (Å²) in [5, 5.41) is 39.1. The number of rotatable bonds is 7. The molecule has 0 aromatic carbocycles. The van der Waals surface area contributed by atoms with E-state index >= 15 is 0 Å². The molecule has 0 saturated heterocycles. The van der Waals surface area contributed by atoms with Crippen LogP contribution in [0.2, 0.25) is 0 Å². The van der Waals surface area contributed by atoms with Gasteiger partial charge in [-0.25, -0.2) is 0 Å². The first-order chi connectivity index (χ1) is 7.84. The Labute approximate surface area is 99.1 Å². The molecular weight excluding hydrogens is 230 g/mol. The number of hydrogen-bond acceptors (Lipinski definition) is 6. The van der Waals surface area contributed by atoms with E-state index in [2.05, 4.69) is 5.32 Å². The molecule has 0 fully saturated rings. The molecule has 100 valence electrons. The third kappa shape index (κ3) is 4.78. The maximum atomic E-state index is 11.5. The number of nitrogens with one attached hydrogen (secondary N) is 1. The van der Waals surface area contributed by atoms with Gasteiger partial charge in [0.05, 0.1) is 6.61 Å². The highest BCUT2D eigenvalue weighted by Gasteiger charge is 2.34. The molecule has 0 aliphatic carbocycles. The van der Waals surface area contributed by atoms with Gasteiger partial charge in [0.2, 0.25) is 5.91 Å². The van der Waals surface area contributed by atoms with Crippen LogP contribution in [0.4, 0.5) is 0 Å². The van der Waals surface area contributed by atoms with Crippen molar-refractivity contribution >= 4 is 11.7 Å². The van der Waals surface area contributed by atoms with Crippen molar-refractivity contribution in [1.82, 2.24) is 5.32 Å². The summed E-state index contributed by atoms with van der Waals surface area (Å²) in [7, 11) is 0. The van der Waals surface area contributed by atoms with Crippen LogP contribution in [0.25, 0.3) is 0 Å². The fraction of sp³-hybridized carbons (Fsp3) is 0.800. The number of ketones is 1. The predicted octanol–water partition coefficient (Wildman–Crippen LogP) is -2.45. The maximum Gasteiger partial charge on any atom is 0.217 e. The lowest BCUT2D eigenvalue weighted by atomic mass is 9.96. The Kier molecular flexibility index (Phi) is 6.89. The van der Waals surface area contributed by atoms with Crippen LogP contribution in [-0.4, -0.2) is 63.1 Å². The molecule has 0 unspecified atom stereocenters. The molecule has 0 aromatic heterocycles. The number of carbonyl (C=O) groups is 2. The van der Waals surface area contributed by atoms with Gasteiger partial charge in [-0.05, 0) is 0 Å². The number of aliphatic hydroxyl groups excluding tert-OH is 4. The largest absolute Gasteiger partial charge is 0.394 e. The van der Waals surface area contributed by atoms with Gasteiger partial charge in [0.1, 0.15) is 24.4 Å². The monoisotopic (exact) mass is 249 g/mol. The lowest BCUT2D eigenvalue weighted by molar-refractivity contribution is -0.136. The SMILES string of the molecule is CCC(=O)[C@H](NC(C)=O)[C@@H](O)[C@@H](O)[C@H](O)CO. The Morgan fingerprint density at radius 1 is 1.18 bits per heavy atom. The fourth-order valence-corrected chi connectivity index (χ4v) is 1.33. The van der Waals surface area contributed by atoms with Gasteiger partial charge in [-0.2, -0.15) is 0 Å². The molecule has 0 saturated carbocycles. The average molecular weight is 249 g/mol. The molecule has 7 nitrogen and oxygen atoms in total. The van der Waals surface area contributed by atoms with E-state index in [0.29, 0.717) is 0 Å². The first-order valence-electron chi connectivity index (χ1n) is 5.30. The van der Waals surface area contributed by atoms with Gasteiger partial charge in [0.25, 0.3) is 0 Å². The standard InChI is InChI=1S/C10H19NO6/c1-3-6(14)8(11-5(2)13)10(17)9(16)7(15)4-12/h7-10,12,15-17H,3-4H2,1-2H3,(H,11,13)/t7-,8+,9+,10-/m1/s1. The van der Waals surface area contributed by atoms with E-state index in [1.807, 2.05) is 0 Å². The number of aliphatic hydroxyl groups is 4. The minimum Gasteiger partial charge on any atom is -0.394 e. The molecular formula is C10H19NO6. The highest BCUT2D eigenvalue weighted by Crippen LogP contribution is 2.07. The summed E-state index contributed by atoms with van der Waals surface area (Å²) in [4.78, 5) is 22.3. The van der Waals surface area contributed by atoms with Gasteiger partial charge < -0.3 is 25.7 Å². The van der Waals surface area contributed by atoms with E-state index in [-0.39, 0.29) is 6.42 Å². The van der Waals surface area contributed by atoms with Crippen molar-refractivity contribution in [3.63, 3.8) is 0 Å². The van der Waals surface area contributed by atoms with Gasteiger partial charge >= 0.3 is 0 Å². The highest BCUT2D eigenvalue weighted by molar-refractivity contribution is 5.88. The second kappa shape index (κ2) is 7.33. The van der Waals surface area contributed by atoms with Crippen LogP contribution in [0.5, 0.6) is 0 Å². The Morgan fingerprint density at radius 3 is 2.06 bits per heavy atom. The van der Waals surface area contributed by atoms with Crippen LogP contribution >= 0.6 is 0 Å². The van der Waals surface area contributed by atoms with Crippen molar-refractivity contribution in [3.8, 4) is 0 Å². The van der Waals surface area contributed by atoms with Crippen LogP contribution in [0.15, 0.2) is 0 Å². The van der Waals surface area contributed by atoms with Crippen LogP contribution in [0.3, 0.4) is 0 Å². The van der Waals surface area contributed by atoms with E-state index < -0.39 is 42.7 Å². The minimum absolute atomic E-state index is 0.0595. The molecule has 0 rings (SSSR count). The normalized spacial score (nSPS) is 18.0. The molecule has 4 atom stereocenters. The zero-order chi connectivity index (χ0) is 13.6. The van der Waals surface area contributed by atoms with E-state index in [1.165, 1.54) is 0 Å². The number of carbonyl (C=O) groups excluding carboxylic acids is 2. The quantitative estimate of drug-likeness (QED) is 0.341. The Morgan fingerprint density at radius 2 is 1.71 bits per heavy atom. The Hall–Kier alpha value is -1.02. The number of amides is 1. The predicted molar refractivity (Wildman–Crippen MR) is 58.0 cm³/mol. The molecule has 0 spiro atoms. The summed E-state index contributed by atoms with van der Waals surface area (Å²) in [5.41, 5.74) is 0. The van der Waals surface area contributed by atoms with Crippen molar-refractivity contribution < 1.29 is 30.0 Å². The van der Waals surface area contributed by atoms with Gasteiger partial charge in [0.15, 0.2) is 5.78 Å². The summed E-state index contributed by atoms with van der Waals surface area (Å²) in [6.45, 7) is 1.95. The van der Waals surface area contributed by atoms with Crippen molar-refractivity contribution in [2.45, 2.75) is 44.6 Å². The molecule has 0 aliphatic heterocycles. The number of Topliss-reactive ketones (excluding diaryl/α,β-unsaturated/α-hetero) is 1. The third-order valence-corrected chi connectivity index (χ3v) is 2.33. The average Bonchev–Trinajstić information content (AvgIpc) is 2.31. The topological polar surface area (TPSA) is 127 Å². The zero-order valence-electron chi connectivity index (χ0n) is 9.83. The van der Waals surface area contributed by atoms with Crippen LogP contribution in [0, 0.1) is 0 Å². The molecule has 0 aromatic rings. The summed E-state index contributed by atoms with van der Waals surface area (Å²) < 4.78 is 0. The van der Waals surface area contributed by atoms with Gasteiger partial charge in [-0.15, -0.1) is 0 Å². The minimum atomic E-state index is -1.72. The van der Waals surface area contributed by atoms with Crippen LogP contribution in [-0.2, 0) is 9.59 Å². The summed E-state index contributed by atoms with van der Waals surface area (Å²) in [6, 6.07) is -1.30. The molecule has 0 bridgehead atoms. The lowest BCUT2D eigenvalue weighted by Gasteiger charge is -2.28. The van der Waals surface area contributed by atoms with Crippen molar-refractivity contribution in [1.29, 1.82) is 0 Å². The second-order valence-corrected chi connectivity index (χ2v) is 3.73. The van der Waals surface area contributed by atoms with E-state index in [1.54, 1.807) is 6.92 Å². The molecule has 0 radical (unpaired) electrons. The lowest BCUT2D eigenvalue weighted by Crippen LogP contribution is -2.55.